The summed E-state index contributed by atoms with van der Waals surface area (Å²) in [5.74, 6) is 1.15. The maximum Gasteiger partial charge on any atom is 0.404 e. The average molecular weight is 477 g/mol. The minimum atomic E-state index is -1.08. The Balaban J connectivity index is 1.56. The average Bonchev–Trinajstić information content (AvgIpc) is 3.39. The Hall–Kier alpha value is -4.08. The number of aromatic nitrogens is 4. The molecule has 2 N–H and O–H groups in total. The molecule has 0 saturated carbocycles. The smallest absolute Gasteiger partial charge is 0.404 e. The zero-order valence-electron chi connectivity index (χ0n) is 20.0. The number of carbonyl (C=O) groups excluding carboxylic acids is 1. The molecule has 182 valence electrons. The molecule has 4 heterocycles. The lowest BCUT2D eigenvalue weighted by Gasteiger charge is -2.32. The molecule has 35 heavy (non-hydrogen) atoms. The van der Waals surface area contributed by atoms with Crippen LogP contribution >= 0.6 is 0 Å². The second-order valence-electron chi connectivity index (χ2n) is 8.77. The summed E-state index contributed by atoms with van der Waals surface area (Å²) in [5.41, 5.74) is 3.75. The number of carboxylic acid groups (broad SMARTS) is 1. The molecule has 2 amide bonds. The summed E-state index contributed by atoms with van der Waals surface area (Å²) in [7, 11) is 3.52. The Morgan fingerprint density at radius 3 is 2.86 bits per heavy atom. The lowest BCUT2D eigenvalue weighted by Crippen LogP contribution is -2.49. The molecule has 1 atom stereocenters. The zero-order chi connectivity index (χ0) is 24.7. The van der Waals surface area contributed by atoms with Crippen molar-refractivity contribution in [2.75, 3.05) is 20.2 Å². The van der Waals surface area contributed by atoms with Gasteiger partial charge in [0.15, 0.2) is 5.82 Å². The molecule has 1 saturated heterocycles. The largest absolute Gasteiger partial charge is 0.494 e. The first-order valence-electron chi connectivity index (χ1n) is 11.7. The van der Waals surface area contributed by atoms with Gasteiger partial charge in [-0.25, -0.2) is 14.8 Å². The predicted molar refractivity (Wildman–Crippen MR) is 132 cm³/mol. The number of ether oxygens (including phenoxy) is 1. The van der Waals surface area contributed by atoms with Gasteiger partial charge in [0.05, 0.1) is 18.3 Å². The van der Waals surface area contributed by atoms with Crippen molar-refractivity contribution in [3.63, 3.8) is 0 Å². The Morgan fingerprint density at radius 1 is 1.29 bits per heavy atom. The molecule has 5 rings (SSSR count). The van der Waals surface area contributed by atoms with Gasteiger partial charge in [0, 0.05) is 49.9 Å². The molecule has 0 bridgehead atoms. The van der Waals surface area contributed by atoms with E-state index >= 15 is 0 Å². The first kappa shape index (κ1) is 22.7. The number of fused-ring (bicyclic) bond motifs is 2. The molecule has 3 aromatic heterocycles. The first-order chi connectivity index (χ1) is 16.9. The third-order valence-electron chi connectivity index (χ3n) is 6.64. The molecule has 10 heteroatoms. The zero-order valence-corrected chi connectivity index (χ0v) is 20.0. The van der Waals surface area contributed by atoms with E-state index in [1.165, 1.54) is 0 Å². The van der Waals surface area contributed by atoms with Crippen molar-refractivity contribution >= 4 is 34.1 Å². The summed E-state index contributed by atoms with van der Waals surface area (Å²) in [6, 6.07) is 9.27. The number of methoxy groups -OCH3 is 1. The second-order valence-corrected chi connectivity index (χ2v) is 8.77. The highest BCUT2D eigenvalue weighted by Crippen LogP contribution is 2.34. The molecule has 1 unspecified atom stereocenters. The fraction of sp³-hybridized carbons (Fsp3) is 0.360. The van der Waals surface area contributed by atoms with E-state index in [0.717, 1.165) is 41.0 Å². The molecule has 4 aromatic rings. The van der Waals surface area contributed by atoms with Crippen molar-refractivity contribution in [1.29, 1.82) is 0 Å². The lowest BCUT2D eigenvalue weighted by atomic mass is 10.0. The van der Waals surface area contributed by atoms with E-state index in [1.54, 1.807) is 30.3 Å². The molecule has 0 radical (unpaired) electrons. The van der Waals surface area contributed by atoms with Crippen LogP contribution in [0.1, 0.15) is 30.1 Å². The SMILES string of the molecule is CCn1c(-c2nc3cc(C(=O)N4CCCC(NC(=O)O)C4)cc(OC)c3n2C)cc2cccnc21. The number of nitrogens with one attached hydrogen (secondary N) is 1. The molecule has 1 aliphatic rings. The summed E-state index contributed by atoms with van der Waals surface area (Å²) in [4.78, 5) is 35.6. The van der Waals surface area contributed by atoms with Gasteiger partial charge in [-0.3, -0.25) is 4.79 Å². The van der Waals surface area contributed by atoms with Crippen LogP contribution in [-0.2, 0) is 13.6 Å². The highest BCUT2D eigenvalue weighted by Gasteiger charge is 2.27. The van der Waals surface area contributed by atoms with Crippen LogP contribution in [0.3, 0.4) is 0 Å². The Labute approximate surface area is 202 Å². The van der Waals surface area contributed by atoms with Crippen LogP contribution in [0, 0.1) is 0 Å². The van der Waals surface area contributed by atoms with E-state index in [4.69, 9.17) is 14.8 Å². The lowest BCUT2D eigenvalue weighted by molar-refractivity contribution is 0.0692. The monoisotopic (exact) mass is 476 g/mol. The van der Waals surface area contributed by atoms with Crippen molar-refractivity contribution in [2.24, 2.45) is 7.05 Å². The van der Waals surface area contributed by atoms with Gasteiger partial charge in [-0.1, -0.05) is 0 Å². The molecule has 1 aromatic carbocycles. The van der Waals surface area contributed by atoms with E-state index in [2.05, 4.69) is 27.9 Å². The van der Waals surface area contributed by atoms with Gasteiger partial charge in [0.2, 0.25) is 0 Å². The van der Waals surface area contributed by atoms with Gasteiger partial charge in [-0.15, -0.1) is 0 Å². The number of nitrogens with zero attached hydrogens (tertiary/aromatic N) is 5. The van der Waals surface area contributed by atoms with Gasteiger partial charge in [-0.05, 0) is 50.1 Å². The number of hydrogen-bond donors (Lipinski definition) is 2. The molecule has 1 fully saturated rings. The molecular formula is C25H28N6O4. The minimum Gasteiger partial charge on any atom is -0.494 e. The first-order valence-corrected chi connectivity index (χ1v) is 11.7. The Kier molecular flexibility index (Phi) is 5.80. The topological polar surface area (TPSA) is 115 Å². The fourth-order valence-corrected chi connectivity index (χ4v) is 5.05. The molecule has 1 aliphatic heterocycles. The van der Waals surface area contributed by atoms with Crippen LogP contribution in [0.4, 0.5) is 4.79 Å². The van der Waals surface area contributed by atoms with E-state index in [0.29, 0.717) is 36.3 Å². The summed E-state index contributed by atoms with van der Waals surface area (Å²) >= 11 is 0. The number of carbonyl (C=O) groups is 2. The number of aryl methyl sites for hydroxylation is 2. The van der Waals surface area contributed by atoms with Crippen molar-refractivity contribution in [3.05, 3.63) is 42.1 Å². The number of amides is 2. The van der Waals surface area contributed by atoms with E-state index in [-0.39, 0.29) is 11.9 Å². The summed E-state index contributed by atoms with van der Waals surface area (Å²) < 4.78 is 9.79. The van der Waals surface area contributed by atoms with Crippen LogP contribution in [0.15, 0.2) is 36.5 Å². The molecule has 0 spiro atoms. The number of likely N-dealkylation sites (tertiary alicyclic amines) is 1. The van der Waals surface area contributed by atoms with Gasteiger partial charge in [0.1, 0.15) is 16.9 Å². The van der Waals surface area contributed by atoms with Crippen LogP contribution in [0.2, 0.25) is 0 Å². The maximum absolute atomic E-state index is 13.4. The second kappa shape index (κ2) is 8.94. The van der Waals surface area contributed by atoms with Gasteiger partial charge < -0.3 is 29.2 Å². The van der Waals surface area contributed by atoms with Crippen molar-refractivity contribution in [2.45, 2.75) is 32.4 Å². The standard InChI is InChI=1S/C25H28N6O4/c1-4-31-19(12-15-7-5-9-26-22(15)31)23-28-18-11-16(13-20(35-3)21(18)29(23)2)24(32)30-10-6-8-17(14-30)27-25(33)34/h5,7,9,11-13,17,27H,4,6,8,10,14H2,1-3H3,(H,33,34). The highest BCUT2D eigenvalue weighted by molar-refractivity contribution is 6.00. The van der Waals surface area contributed by atoms with E-state index < -0.39 is 6.09 Å². The van der Waals surface area contributed by atoms with Crippen LogP contribution in [0.5, 0.6) is 5.75 Å². The van der Waals surface area contributed by atoms with Crippen LogP contribution < -0.4 is 10.1 Å². The Morgan fingerprint density at radius 2 is 2.11 bits per heavy atom. The number of hydrogen-bond acceptors (Lipinski definition) is 5. The molecule has 0 aliphatic carbocycles. The summed E-state index contributed by atoms with van der Waals surface area (Å²) in [6.07, 6.45) is 2.15. The quantitative estimate of drug-likeness (QED) is 0.456. The summed E-state index contributed by atoms with van der Waals surface area (Å²) in [6.45, 7) is 3.72. The third-order valence-corrected chi connectivity index (χ3v) is 6.64. The van der Waals surface area contributed by atoms with Crippen molar-refractivity contribution in [1.82, 2.24) is 29.3 Å². The number of pyridine rings is 1. The van der Waals surface area contributed by atoms with Crippen molar-refractivity contribution < 1.29 is 19.4 Å². The normalized spacial score (nSPS) is 16.1. The van der Waals surface area contributed by atoms with Crippen LogP contribution in [-0.4, -0.2) is 67.4 Å². The highest BCUT2D eigenvalue weighted by atomic mass is 16.5. The number of benzene rings is 1. The maximum atomic E-state index is 13.4. The van der Waals surface area contributed by atoms with Gasteiger partial charge in [-0.2, -0.15) is 0 Å². The van der Waals surface area contributed by atoms with Gasteiger partial charge >= 0.3 is 6.09 Å². The number of rotatable bonds is 5. The summed E-state index contributed by atoms with van der Waals surface area (Å²) in [5, 5.41) is 12.6. The van der Waals surface area contributed by atoms with E-state index in [9.17, 15) is 9.59 Å². The minimum absolute atomic E-state index is 0.166. The molecule has 10 nitrogen and oxygen atoms in total. The van der Waals surface area contributed by atoms with Crippen LogP contribution in [0.25, 0.3) is 33.6 Å². The number of imidazole rings is 1. The number of piperidine rings is 1. The van der Waals surface area contributed by atoms with Crippen molar-refractivity contribution in [3.8, 4) is 17.3 Å². The van der Waals surface area contributed by atoms with Gasteiger partial charge in [0.25, 0.3) is 5.91 Å². The Bertz CT molecular complexity index is 1440. The van der Waals surface area contributed by atoms with E-state index in [1.807, 2.05) is 23.7 Å². The predicted octanol–water partition coefficient (Wildman–Crippen LogP) is 3.49. The third kappa shape index (κ3) is 3.94. The molecular weight excluding hydrogens is 448 g/mol. The fourth-order valence-electron chi connectivity index (χ4n) is 5.05.